The highest BCUT2D eigenvalue weighted by molar-refractivity contribution is 7.21. The largest absolute Gasteiger partial charge is 0.323 e. The van der Waals surface area contributed by atoms with Crippen molar-refractivity contribution in [2.24, 2.45) is 5.92 Å². The summed E-state index contributed by atoms with van der Waals surface area (Å²) in [6, 6.07) is 13.9. The molecule has 2 N–H and O–H groups in total. The number of anilines is 1. The summed E-state index contributed by atoms with van der Waals surface area (Å²) in [7, 11) is 0. The van der Waals surface area contributed by atoms with Gasteiger partial charge in [0.1, 0.15) is 5.01 Å². The maximum atomic E-state index is 12.0. The van der Waals surface area contributed by atoms with Gasteiger partial charge < -0.3 is 10.6 Å². The van der Waals surface area contributed by atoms with E-state index in [-0.39, 0.29) is 6.03 Å². The maximum absolute atomic E-state index is 12.0. The number of nitrogens with one attached hydrogen (secondary N) is 2. The van der Waals surface area contributed by atoms with Crippen LogP contribution in [0.15, 0.2) is 54.2 Å². The molecule has 26 heavy (non-hydrogen) atoms. The number of allylic oxidation sites excluding steroid dienone is 1. The number of thiazole rings is 1. The number of hydrogen-bond acceptors (Lipinski definition) is 3. The number of carbonyl (C=O) groups is 1. The molecule has 0 bridgehead atoms. The van der Waals surface area contributed by atoms with Gasteiger partial charge in [0.2, 0.25) is 0 Å². The fraction of sp³-hybridized carbons (Fsp3) is 0.238. The molecule has 2 aromatic carbocycles. The molecule has 0 aliphatic heterocycles. The molecule has 5 heteroatoms. The van der Waals surface area contributed by atoms with Crippen molar-refractivity contribution in [2.75, 3.05) is 5.32 Å². The average Bonchev–Trinajstić information content (AvgIpc) is 3.40. The first-order valence-corrected chi connectivity index (χ1v) is 9.62. The predicted molar refractivity (Wildman–Crippen MR) is 108 cm³/mol. The van der Waals surface area contributed by atoms with E-state index in [0.29, 0.717) is 5.92 Å². The van der Waals surface area contributed by atoms with Gasteiger partial charge in [0.05, 0.1) is 10.2 Å². The van der Waals surface area contributed by atoms with Crippen molar-refractivity contribution in [3.63, 3.8) is 0 Å². The molecule has 0 saturated heterocycles. The Hall–Kier alpha value is -2.66. The van der Waals surface area contributed by atoms with Crippen LogP contribution in [0.4, 0.5) is 10.5 Å². The molecule has 0 radical (unpaired) electrons. The molecular formula is C21H21N3OS. The number of benzene rings is 2. The van der Waals surface area contributed by atoms with Crippen LogP contribution < -0.4 is 10.6 Å². The first-order chi connectivity index (χ1) is 12.6. The standard InChI is InChI=1S/C21H21N3OS/c1-13-3-10-18-19(11-13)26-20(24-18)16-6-8-17(9-7-16)23-21(25)22-12-14(2)15-4-5-15/h3,6-12,15H,4-5H2,1-2H3,(H2,22,23,25)/b14-12+. The highest BCUT2D eigenvalue weighted by atomic mass is 32.1. The monoisotopic (exact) mass is 363 g/mol. The molecule has 4 nitrogen and oxygen atoms in total. The van der Waals surface area contributed by atoms with Crippen LogP contribution in [0.1, 0.15) is 25.3 Å². The lowest BCUT2D eigenvalue weighted by Crippen LogP contribution is -2.24. The lowest BCUT2D eigenvalue weighted by atomic mass is 10.2. The fourth-order valence-electron chi connectivity index (χ4n) is 2.85. The maximum Gasteiger partial charge on any atom is 0.323 e. The molecule has 3 aromatic rings. The topological polar surface area (TPSA) is 54.0 Å². The third kappa shape index (κ3) is 3.78. The zero-order chi connectivity index (χ0) is 18.1. The summed E-state index contributed by atoms with van der Waals surface area (Å²) in [6.45, 7) is 4.15. The molecule has 1 saturated carbocycles. The summed E-state index contributed by atoms with van der Waals surface area (Å²) in [5.74, 6) is 0.659. The van der Waals surface area contributed by atoms with Gasteiger partial charge in [-0.05, 0) is 74.6 Å². The Kier molecular flexibility index (Phi) is 4.47. The van der Waals surface area contributed by atoms with E-state index in [1.807, 2.05) is 30.5 Å². The van der Waals surface area contributed by atoms with Crippen molar-refractivity contribution in [2.45, 2.75) is 26.7 Å². The number of hydrogen-bond donors (Lipinski definition) is 2. The third-order valence-corrected chi connectivity index (χ3v) is 5.65. The first-order valence-electron chi connectivity index (χ1n) is 8.80. The zero-order valence-electron chi connectivity index (χ0n) is 14.9. The summed E-state index contributed by atoms with van der Waals surface area (Å²) < 4.78 is 1.19. The van der Waals surface area contributed by atoms with E-state index < -0.39 is 0 Å². The van der Waals surface area contributed by atoms with Crippen LogP contribution in [-0.4, -0.2) is 11.0 Å². The van der Waals surface area contributed by atoms with Gasteiger partial charge in [0.15, 0.2) is 0 Å². The smallest absolute Gasteiger partial charge is 0.314 e. The fourth-order valence-corrected chi connectivity index (χ4v) is 3.92. The van der Waals surface area contributed by atoms with Gasteiger partial charge in [-0.15, -0.1) is 11.3 Å². The summed E-state index contributed by atoms with van der Waals surface area (Å²) in [6.07, 6.45) is 4.28. The molecule has 1 aliphatic carbocycles. The van der Waals surface area contributed by atoms with Crippen molar-refractivity contribution < 1.29 is 4.79 Å². The summed E-state index contributed by atoms with van der Waals surface area (Å²) >= 11 is 1.69. The molecule has 0 unspecified atom stereocenters. The molecular weight excluding hydrogens is 342 g/mol. The molecule has 0 spiro atoms. The van der Waals surface area contributed by atoms with E-state index in [9.17, 15) is 4.79 Å². The minimum absolute atomic E-state index is 0.215. The molecule has 2 amide bonds. The van der Waals surface area contributed by atoms with Crippen molar-refractivity contribution in [1.29, 1.82) is 0 Å². The number of aryl methyl sites for hydroxylation is 1. The van der Waals surface area contributed by atoms with Crippen LogP contribution in [0.2, 0.25) is 0 Å². The number of fused-ring (bicyclic) bond motifs is 1. The number of urea groups is 1. The normalized spacial score (nSPS) is 14.5. The average molecular weight is 363 g/mol. The van der Waals surface area contributed by atoms with Gasteiger partial charge in [-0.2, -0.15) is 0 Å². The van der Waals surface area contributed by atoms with Gasteiger partial charge in [-0.3, -0.25) is 0 Å². The lowest BCUT2D eigenvalue weighted by molar-refractivity contribution is 0.255. The number of nitrogens with zero attached hydrogens (tertiary/aromatic N) is 1. The Morgan fingerprint density at radius 1 is 1.19 bits per heavy atom. The Labute approximate surface area is 157 Å². The minimum atomic E-state index is -0.215. The second-order valence-corrected chi connectivity index (χ2v) is 7.86. The Bertz CT molecular complexity index is 984. The van der Waals surface area contributed by atoms with E-state index in [4.69, 9.17) is 4.98 Å². The van der Waals surface area contributed by atoms with Gasteiger partial charge in [0.25, 0.3) is 0 Å². The second-order valence-electron chi connectivity index (χ2n) is 6.83. The third-order valence-electron chi connectivity index (χ3n) is 4.59. The molecule has 0 atom stereocenters. The van der Waals surface area contributed by atoms with Crippen molar-refractivity contribution in [1.82, 2.24) is 10.3 Å². The van der Waals surface area contributed by atoms with Gasteiger partial charge in [-0.25, -0.2) is 9.78 Å². The van der Waals surface area contributed by atoms with E-state index in [1.165, 1.54) is 28.7 Å². The van der Waals surface area contributed by atoms with Crippen LogP contribution in [0.5, 0.6) is 0 Å². The van der Waals surface area contributed by atoms with Crippen molar-refractivity contribution >= 4 is 33.3 Å². The van der Waals surface area contributed by atoms with Crippen LogP contribution in [0.25, 0.3) is 20.8 Å². The van der Waals surface area contributed by atoms with Crippen LogP contribution >= 0.6 is 11.3 Å². The Morgan fingerprint density at radius 2 is 1.96 bits per heavy atom. The number of aromatic nitrogens is 1. The molecule has 1 aliphatic rings. The van der Waals surface area contributed by atoms with Gasteiger partial charge in [-0.1, -0.05) is 11.6 Å². The van der Waals surface area contributed by atoms with E-state index >= 15 is 0 Å². The predicted octanol–water partition coefficient (Wildman–Crippen LogP) is 5.71. The number of carbonyl (C=O) groups excluding carboxylic acids is 1. The summed E-state index contributed by atoms with van der Waals surface area (Å²) in [5.41, 5.74) is 5.32. The number of amides is 2. The highest BCUT2D eigenvalue weighted by Gasteiger charge is 2.22. The first kappa shape index (κ1) is 16.8. The van der Waals surface area contributed by atoms with Gasteiger partial charge >= 0.3 is 6.03 Å². The Balaban J connectivity index is 1.43. The van der Waals surface area contributed by atoms with E-state index in [0.717, 1.165) is 21.8 Å². The minimum Gasteiger partial charge on any atom is -0.314 e. The molecule has 132 valence electrons. The van der Waals surface area contributed by atoms with Crippen molar-refractivity contribution in [3.05, 3.63) is 59.8 Å². The van der Waals surface area contributed by atoms with E-state index in [2.05, 4.69) is 42.7 Å². The van der Waals surface area contributed by atoms with Crippen LogP contribution in [-0.2, 0) is 0 Å². The molecule has 1 aromatic heterocycles. The van der Waals surface area contributed by atoms with Crippen LogP contribution in [0, 0.1) is 12.8 Å². The number of rotatable bonds is 4. The second kappa shape index (κ2) is 6.92. The SMILES string of the molecule is C/C(=C\NC(=O)Nc1ccc(-c2nc3ccc(C)cc3s2)cc1)C1CC1. The zero-order valence-corrected chi connectivity index (χ0v) is 15.7. The van der Waals surface area contributed by atoms with E-state index in [1.54, 1.807) is 11.3 Å². The lowest BCUT2D eigenvalue weighted by Gasteiger charge is -2.06. The molecule has 4 rings (SSSR count). The molecule has 1 heterocycles. The summed E-state index contributed by atoms with van der Waals surface area (Å²) in [5, 5.41) is 6.65. The van der Waals surface area contributed by atoms with Crippen molar-refractivity contribution in [3.8, 4) is 10.6 Å². The summed E-state index contributed by atoms with van der Waals surface area (Å²) in [4.78, 5) is 16.7. The Morgan fingerprint density at radius 3 is 2.69 bits per heavy atom. The van der Waals surface area contributed by atoms with Gasteiger partial charge in [0, 0.05) is 17.5 Å². The highest BCUT2D eigenvalue weighted by Crippen LogP contribution is 2.35. The molecule has 1 fully saturated rings. The quantitative estimate of drug-likeness (QED) is 0.624. The van der Waals surface area contributed by atoms with Crippen LogP contribution in [0.3, 0.4) is 0 Å².